The molecule has 0 N–H and O–H groups in total. The summed E-state index contributed by atoms with van der Waals surface area (Å²) < 4.78 is 5.44. The maximum absolute atomic E-state index is 12.1. The predicted molar refractivity (Wildman–Crippen MR) is 95.1 cm³/mol. The van der Waals surface area contributed by atoms with E-state index in [4.69, 9.17) is 4.74 Å². The fourth-order valence-electron chi connectivity index (χ4n) is 2.68. The van der Waals surface area contributed by atoms with E-state index >= 15 is 0 Å². The van der Waals surface area contributed by atoms with E-state index in [1.54, 1.807) is 11.3 Å². The topological polar surface area (TPSA) is 26.3 Å². The van der Waals surface area contributed by atoms with Crippen LogP contribution in [0.4, 0.5) is 0 Å². The number of cyclic esters (lactones) is 1. The lowest BCUT2D eigenvalue weighted by molar-refractivity contribution is -0.130. The van der Waals surface area contributed by atoms with Gasteiger partial charge in [-0.1, -0.05) is 42.0 Å². The number of hydrogen-bond acceptors (Lipinski definition) is 3. The van der Waals surface area contributed by atoms with Crippen molar-refractivity contribution in [3.63, 3.8) is 0 Å². The summed E-state index contributed by atoms with van der Waals surface area (Å²) in [5, 5.41) is 4.32. The van der Waals surface area contributed by atoms with Crippen LogP contribution in [-0.4, -0.2) is 5.97 Å². The second-order valence-corrected chi connectivity index (χ2v) is 6.56. The summed E-state index contributed by atoms with van der Waals surface area (Å²) in [5.41, 5.74) is 2.74. The first kappa shape index (κ1) is 14.0. The van der Waals surface area contributed by atoms with Crippen LogP contribution < -0.4 is 0 Å². The molecule has 2 nitrogen and oxygen atoms in total. The highest BCUT2D eigenvalue weighted by atomic mass is 32.1. The van der Waals surface area contributed by atoms with Crippen LogP contribution in [-0.2, 0) is 9.53 Å². The summed E-state index contributed by atoms with van der Waals surface area (Å²) in [7, 11) is 0. The first-order chi connectivity index (χ1) is 11.2. The number of carbonyl (C=O) groups is 1. The van der Waals surface area contributed by atoms with Gasteiger partial charge in [0.1, 0.15) is 5.76 Å². The van der Waals surface area contributed by atoms with Gasteiger partial charge >= 0.3 is 5.97 Å². The minimum absolute atomic E-state index is 0.294. The van der Waals surface area contributed by atoms with Gasteiger partial charge in [0.25, 0.3) is 0 Å². The molecule has 0 aliphatic carbocycles. The van der Waals surface area contributed by atoms with Crippen molar-refractivity contribution in [2.24, 2.45) is 0 Å². The van der Waals surface area contributed by atoms with E-state index in [1.165, 1.54) is 10.9 Å². The van der Waals surface area contributed by atoms with E-state index in [9.17, 15) is 4.79 Å². The third-order valence-corrected chi connectivity index (χ3v) is 4.67. The van der Waals surface area contributed by atoms with Crippen LogP contribution in [0.3, 0.4) is 0 Å². The highest BCUT2D eigenvalue weighted by Gasteiger charge is 2.22. The third-order valence-electron chi connectivity index (χ3n) is 3.85. The molecule has 0 radical (unpaired) electrons. The lowest BCUT2D eigenvalue weighted by Crippen LogP contribution is -1.96. The molecule has 0 unspecified atom stereocenters. The Hall–Kier alpha value is -2.65. The molecule has 0 fully saturated rings. The Kier molecular flexibility index (Phi) is 3.36. The molecule has 1 aliphatic rings. The van der Waals surface area contributed by atoms with Gasteiger partial charge in [-0.15, -0.1) is 11.3 Å². The SMILES string of the molecule is Cc1ccc2cc(C3=C/C(=C\c4cccs4)C(=O)O3)ccc2c1. The normalized spacial score (nSPS) is 16.0. The Bertz CT molecular complexity index is 962. The van der Waals surface area contributed by atoms with Gasteiger partial charge in [-0.25, -0.2) is 4.79 Å². The molecule has 23 heavy (non-hydrogen) atoms. The van der Waals surface area contributed by atoms with E-state index in [-0.39, 0.29) is 5.97 Å². The fraction of sp³-hybridized carbons (Fsp3) is 0.0500. The number of carbonyl (C=O) groups excluding carboxylic acids is 1. The Morgan fingerprint density at radius 3 is 2.70 bits per heavy atom. The number of aryl methyl sites for hydroxylation is 1. The minimum Gasteiger partial charge on any atom is -0.422 e. The van der Waals surface area contributed by atoms with Gasteiger partial charge in [0.2, 0.25) is 0 Å². The molecule has 0 amide bonds. The molecule has 4 rings (SSSR count). The van der Waals surface area contributed by atoms with Gasteiger partial charge < -0.3 is 4.74 Å². The molecule has 1 aliphatic heterocycles. The van der Waals surface area contributed by atoms with Gasteiger partial charge in [0.05, 0.1) is 5.57 Å². The number of rotatable bonds is 2. The largest absolute Gasteiger partial charge is 0.422 e. The van der Waals surface area contributed by atoms with E-state index in [0.717, 1.165) is 15.8 Å². The second-order valence-electron chi connectivity index (χ2n) is 5.58. The predicted octanol–water partition coefficient (Wildman–Crippen LogP) is 5.19. The molecular weight excluding hydrogens is 304 g/mol. The Labute approximate surface area is 138 Å². The number of ether oxygens (including phenoxy) is 1. The van der Waals surface area contributed by atoms with Crippen LogP contribution in [0.25, 0.3) is 22.6 Å². The van der Waals surface area contributed by atoms with Gasteiger partial charge in [0.15, 0.2) is 0 Å². The highest BCUT2D eigenvalue weighted by molar-refractivity contribution is 7.10. The lowest BCUT2D eigenvalue weighted by atomic mass is 10.0. The summed E-state index contributed by atoms with van der Waals surface area (Å²) in [6.07, 6.45) is 3.68. The molecule has 3 aromatic rings. The molecule has 0 atom stereocenters. The van der Waals surface area contributed by atoms with Crippen molar-refractivity contribution in [3.05, 3.63) is 81.6 Å². The van der Waals surface area contributed by atoms with Crippen molar-refractivity contribution >= 4 is 39.9 Å². The van der Waals surface area contributed by atoms with E-state index in [0.29, 0.717) is 11.3 Å². The van der Waals surface area contributed by atoms with Crippen LogP contribution in [0, 0.1) is 6.92 Å². The average Bonchev–Trinajstić information content (AvgIpc) is 3.18. The molecule has 0 spiro atoms. The summed E-state index contributed by atoms with van der Waals surface area (Å²) in [6, 6.07) is 16.4. The minimum atomic E-state index is -0.294. The maximum Gasteiger partial charge on any atom is 0.343 e. The van der Waals surface area contributed by atoms with E-state index in [2.05, 4.69) is 37.3 Å². The third kappa shape index (κ3) is 2.71. The zero-order valence-corrected chi connectivity index (χ0v) is 13.4. The first-order valence-electron chi connectivity index (χ1n) is 7.39. The van der Waals surface area contributed by atoms with Crippen molar-refractivity contribution in [3.8, 4) is 0 Å². The number of fused-ring (bicyclic) bond motifs is 1. The number of benzene rings is 2. The molecule has 2 aromatic carbocycles. The number of thiophene rings is 1. The molecule has 1 aromatic heterocycles. The summed E-state index contributed by atoms with van der Waals surface area (Å²) in [4.78, 5) is 13.1. The van der Waals surface area contributed by atoms with Crippen molar-refractivity contribution < 1.29 is 9.53 Å². The second kappa shape index (κ2) is 5.52. The van der Waals surface area contributed by atoms with Crippen molar-refractivity contribution in [1.29, 1.82) is 0 Å². The summed E-state index contributed by atoms with van der Waals surface area (Å²) >= 11 is 1.60. The zero-order chi connectivity index (χ0) is 15.8. The Morgan fingerprint density at radius 2 is 1.87 bits per heavy atom. The lowest BCUT2D eigenvalue weighted by Gasteiger charge is -2.05. The van der Waals surface area contributed by atoms with Crippen LogP contribution in [0.1, 0.15) is 16.0 Å². The smallest absolute Gasteiger partial charge is 0.343 e. The quantitative estimate of drug-likeness (QED) is 0.480. The van der Waals surface area contributed by atoms with Crippen molar-refractivity contribution in [1.82, 2.24) is 0 Å². The maximum atomic E-state index is 12.1. The van der Waals surface area contributed by atoms with Crippen molar-refractivity contribution in [2.75, 3.05) is 0 Å². The Morgan fingerprint density at radius 1 is 1.04 bits per heavy atom. The van der Waals surface area contributed by atoms with Crippen LogP contribution >= 0.6 is 11.3 Å². The molecule has 2 heterocycles. The standard InChI is InChI=1S/C20H14O2S/c1-13-4-5-15-10-16(7-6-14(15)9-13)19-12-17(20(21)22-19)11-18-3-2-8-23-18/h2-12H,1H3/b17-11+. The van der Waals surface area contributed by atoms with Gasteiger partial charge in [0, 0.05) is 10.4 Å². The van der Waals surface area contributed by atoms with E-state index in [1.807, 2.05) is 35.7 Å². The molecule has 0 saturated carbocycles. The summed E-state index contributed by atoms with van der Waals surface area (Å²) in [5.74, 6) is 0.317. The van der Waals surface area contributed by atoms with Crippen LogP contribution in [0.2, 0.25) is 0 Å². The fourth-order valence-corrected chi connectivity index (χ4v) is 3.34. The monoisotopic (exact) mass is 318 g/mol. The van der Waals surface area contributed by atoms with Crippen LogP contribution in [0.15, 0.2) is 65.6 Å². The summed E-state index contributed by atoms with van der Waals surface area (Å²) in [6.45, 7) is 2.08. The Balaban J connectivity index is 1.73. The van der Waals surface area contributed by atoms with Gasteiger partial charge in [-0.2, -0.15) is 0 Å². The highest BCUT2D eigenvalue weighted by Crippen LogP contribution is 2.30. The zero-order valence-electron chi connectivity index (χ0n) is 12.6. The van der Waals surface area contributed by atoms with Gasteiger partial charge in [-0.05, 0) is 47.4 Å². The van der Waals surface area contributed by atoms with E-state index < -0.39 is 0 Å². The molecular formula is C20H14O2S. The average molecular weight is 318 g/mol. The number of esters is 1. The van der Waals surface area contributed by atoms with Crippen LogP contribution in [0.5, 0.6) is 0 Å². The first-order valence-corrected chi connectivity index (χ1v) is 8.27. The molecule has 112 valence electrons. The number of hydrogen-bond donors (Lipinski definition) is 0. The van der Waals surface area contributed by atoms with Gasteiger partial charge in [-0.3, -0.25) is 0 Å². The molecule has 0 bridgehead atoms. The van der Waals surface area contributed by atoms with Crippen molar-refractivity contribution in [2.45, 2.75) is 6.92 Å². The molecule has 3 heteroatoms. The molecule has 0 saturated heterocycles.